The van der Waals surface area contributed by atoms with Gasteiger partial charge in [0.1, 0.15) is 0 Å². The molecular weight excluding hydrogens is 248 g/mol. The molecular formula is C18H36O2. The largest absolute Gasteiger partial charge is 0.465 e. The van der Waals surface area contributed by atoms with Crippen LogP contribution < -0.4 is 0 Å². The van der Waals surface area contributed by atoms with Crippen LogP contribution in [0.25, 0.3) is 0 Å². The van der Waals surface area contributed by atoms with Crippen molar-refractivity contribution >= 4 is 6.47 Å². The van der Waals surface area contributed by atoms with E-state index in [-0.39, 0.29) is 6.10 Å². The highest BCUT2D eigenvalue weighted by Gasteiger charge is 2.00. The van der Waals surface area contributed by atoms with Crippen molar-refractivity contribution in [2.45, 2.75) is 110 Å². The Labute approximate surface area is 126 Å². The summed E-state index contributed by atoms with van der Waals surface area (Å²) < 4.78 is 4.87. The van der Waals surface area contributed by atoms with E-state index >= 15 is 0 Å². The minimum atomic E-state index is 0.0974. The van der Waals surface area contributed by atoms with Crippen molar-refractivity contribution in [3.05, 3.63) is 0 Å². The van der Waals surface area contributed by atoms with Gasteiger partial charge in [0, 0.05) is 0 Å². The molecule has 0 spiro atoms. The highest BCUT2D eigenvalue weighted by Crippen LogP contribution is 2.13. The van der Waals surface area contributed by atoms with Crippen LogP contribution >= 0.6 is 0 Å². The number of carbonyl (C=O) groups excluding carboxylic acids is 1. The van der Waals surface area contributed by atoms with Gasteiger partial charge in [-0.3, -0.25) is 4.79 Å². The lowest BCUT2D eigenvalue weighted by atomic mass is 10.0. The van der Waals surface area contributed by atoms with Crippen LogP contribution in [0.2, 0.25) is 0 Å². The molecule has 0 bridgehead atoms. The van der Waals surface area contributed by atoms with E-state index in [1.165, 1.54) is 83.5 Å². The van der Waals surface area contributed by atoms with Gasteiger partial charge in [-0.1, -0.05) is 84.0 Å². The van der Waals surface area contributed by atoms with Crippen LogP contribution in [0.3, 0.4) is 0 Å². The second-order valence-electron chi connectivity index (χ2n) is 6.07. The van der Waals surface area contributed by atoms with E-state index in [4.69, 9.17) is 4.74 Å². The Bertz CT molecular complexity index is 192. The molecule has 0 aromatic heterocycles. The van der Waals surface area contributed by atoms with Crippen LogP contribution in [0.4, 0.5) is 0 Å². The molecule has 0 aromatic rings. The lowest BCUT2D eigenvalue weighted by molar-refractivity contribution is -0.133. The molecule has 0 N–H and O–H groups in total. The molecule has 0 rings (SSSR count). The zero-order chi connectivity index (χ0) is 14.9. The molecule has 120 valence electrons. The predicted molar refractivity (Wildman–Crippen MR) is 86.9 cm³/mol. The number of hydrogen-bond acceptors (Lipinski definition) is 2. The van der Waals surface area contributed by atoms with Crippen molar-refractivity contribution in [1.29, 1.82) is 0 Å². The summed E-state index contributed by atoms with van der Waals surface area (Å²) in [6.45, 7) is 4.80. The topological polar surface area (TPSA) is 26.3 Å². The lowest BCUT2D eigenvalue weighted by Gasteiger charge is -2.08. The molecule has 1 unspecified atom stereocenters. The fraction of sp³-hybridized carbons (Fsp3) is 0.944. The average molecular weight is 284 g/mol. The van der Waals surface area contributed by atoms with Gasteiger partial charge in [0.15, 0.2) is 0 Å². The van der Waals surface area contributed by atoms with Gasteiger partial charge in [-0.15, -0.1) is 0 Å². The Hall–Kier alpha value is -0.530. The number of rotatable bonds is 16. The molecule has 2 nitrogen and oxygen atoms in total. The van der Waals surface area contributed by atoms with Crippen LogP contribution in [0.1, 0.15) is 104 Å². The van der Waals surface area contributed by atoms with Gasteiger partial charge in [-0.05, 0) is 19.8 Å². The van der Waals surface area contributed by atoms with Crippen LogP contribution in [0, 0.1) is 0 Å². The van der Waals surface area contributed by atoms with Crippen molar-refractivity contribution in [1.82, 2.24) is 0 Å². The maximum absolute atomic E-state index is 10.1. The maximum atomic E-state index is 10.1. The summed E-state index contributed by atoms with van der Waals surface area (Å²) in [6.07, 6.45) is 19.0. The molecule has 0 heterocycles. The first-order valence-electron chi connectivity index (χ1n) is 8.90. The summed E-state index contributed by atoms with van der Waals surface area (Å²) >= 11 is 0. The molecule has 0 saturated carbocycles. The summed E-state index contributed by atoms with van der Waals surface area (Å²) in [7, 11) is 0. The summed E-state index contributed by atoms with van der Waals surface area (Å²) in [4.78, 5) is 10.1. The minimum Gasteiger partial charge on any atom is -0.465 e. The number of carbonyl (C=O) groups is 1. The highest BCUT2D eigenvalue weighted by atomic mass is 16.5. The van der Waals surface area contributed by atoms with Gasteiger partial charge in [0.05, 0.1) is 6.10 Å². The monoisotopic (exact) mass is 284 g/mol. The van der Waals surface area contributed by atoms with Crippen molar-refractivity contribution in [3.8, 4) is 0 Å². The third-order valence-electron chi connectivity index (χ3n) is 4.00. The second kappa shape index (κ2) is 16.5. The fourth-order valence-corrected chi connectivity index (χ4v) is 2.61. The molecule has 0 aliphatic rings. The molecule has 0 amide bonds. The number of unbranched alkanes of at least 4 members (excludes halogenated alkanes) is 12. The highest BCUT2D eigenvalue weighted by molar-refractivity contribution is 5.37. The van der Waals surface area contributed by atoms with Crippen molar-refractivity contribution in [2.75, 3.05) is 0 Å². The van der Waals surface area contributed by atoms with Gasteiger partial charge in [0.25, 0.3) is 6.47 Å². The molecule has 0 radical (unpaired) electrons. The molecule has 1 atom stereocenters. The van der Waals surface area contributed by atoms with E-state index in [2.05, 4.69) is 6.92 Å². The standard InChI is InChI=1S/C18H36O2/c1-3-4-5-6-7-8-9-10-11-12-13-14-15-16-18(2)20-17-19/h17-18H,3-16H2,1-2H3. The van der Waals surface area contributed by atoms with Crippen LogP contribution in [-0.4, -0.2) is 12.6 Å². The Morgan fingerprint density at radius 2 is 1.15 bits per heavy atom. The molecule has 0 saturated heterocycles. The first-order chi connectivity index (χ1) is 9.81. The third kappa shape index (κ3) is 15.5. The fourth-order valence-electron chi connectivity index (χ4n) is 2.61. The van der Waals surface area contributed by atoms with E-state index < -0.39 is 0 Å². The molecule has 0 aromatic carbocycles. The summed E-state index contributed by atoms with van der Waals surface area (Å²) in [6, 6.07) is 0. The quantitative estimate of drug-likeness (QED) is 0.255. The van der Waals surface area contributed by atoms with Crippen molar-refractivity contribution in [2.24, 2.45) is 0 Å². The van der Waals surface area contributed by atoms with Gasteiger partial charge < -0.3 is 4.74 Å². The molecule has 0 fully saturated rings. The van der Waals surface area contributed by atoms with Crippen molar-refractivity contribution < 1.29 is 9.53 Å². The number of hydrogen-bond donors (Lipinski definition) is 0. The molecule has 0 aliphatic carbocycles. The van der Waals surface area contributed by atoms with Gasteiger partial charge in [0.2, 0.25) is 0 Å². The Kier molecular flexibility index (Phi) is 16.1. The Morgan fingerprint density at radius 3 is 1.55 bits per heavy atom. The Balaban J connectivity index is 3.01. The van der Waals surface area contributed by atoms with Crippen LogP contribution in [0.15, 0.2) is 0 Å². The molecule has 2 heteroatoms. The smallest absolute Gasteiger partial charge is 0.293 e. The molecule has 20 heavy (non-hydrogen) atoms. The zero-order valence-electron chi connectivity index (χ0n) is 13.9. The summed E-state index contributed by atoms with van der Waals surface area (Å²) in [5.74, 6) is 0. The Morgan fingerprint density at radius 1 is 0.750 bits per heavy atom. The SMILES string of the molecule is CCCCCCCCCCCCCCCC(C)OC=O. The van der Waals surface area contributed by atoms with E-state index in [0.29, 0.717) is 6.47 Å². The third-order valence-corrected chi connectivity index (χ3v) is 4.00. The van der Waals surface area contributed by atoms with Crippen LogP contribution in [-0.2, 0) is 9.53 Å². The van der Waals surface area contributed by atoms with E-state index in [0.717, 1.165) is 6.42 Å². The first kappa shape index (κ1) is 19.5. The minimum absolute atomic E-state index is 0.0974. The first-order valence-corrected chi connectivity index (χ1v) is 8.90. The number of ether oxygens (including phenoxy) is 1. The van der Waals surface area contributed by atoms with Gasteiger partial charge in [-0.25, -0.2) is 0 Å². The van der Waals surface area contributed by atoms with E-state index in [1.807, 2.05) is 6.92 Å². The van der Waals surface area contributed by atoms with Gasteiger partial charge in [-0.2, -0.15) is 0 Å². The normalized spacial score (nSPS) is 12.3. The summed E-state index contributed by atoms with van der Waals surface area (Å²) in [5.41, 5.74) is 0. The zero-order valence-corrected chi connectivity index (χ0v) is 13.9. The molecule has 0 aliphatic heterocycles. The summed E-state index contributed by atoms with van der Waals surface area (Å²) in [5, 5.41) is 0. The van der Waals surface area contributed by atoms with E-state index in [9.17, 15) is 4.79 Å². The predicted octanol–water partition coefficient (Wildman–Crippen LogP) is 6.03. The average Bonchev–Trinajstić information content (AvgIpc) is 2.44. The second-order valence-corrected chi connectivity index (χ2v) is 6.07. The van der Waals surface area contributed by atoms with Crippen LogP contribution in [0.5, 0.6) is 0 Å². The van der Waals surface area contributed by atoms with E-state index in [1.54, 1.807) is 0 Å². The lowest BCUT2D eigenvalue weighted by Crippen LogP contribution is -2.05. The maximum Gasteiger partial charge on any atom is 0.293 e. The van der Waals surface area contributed by atoms with Crippen molar-refractivity contribution in [3.63, 3.8) is 0 Å². The van der Waals surface area contributed by atoms with Gasteiger partial charge >= 0.3 is 0 Å².